The van der Waals surface area contributed by atoms with Crippen molar-refractivity contribution in [2.24, 2.45) is 0 Å². The maximum absolute atomic E-state index is 12.4. The van der Waals surface area contributed by atoms with Crippen LogP contribution in [0.4, 0.5) is 10.6 Å². The summed E-state index contributed by atoms with van der Waals surface area (Å²) in [5, 5.41) is 17.8. The lowest BCUT2D eigenvalue weighted by atomic mass is 10.2. The number of nitrogens with zero attached hydrogens (tertiary/aromatic N) is 6. The lowest BCUT2D eigenvalue weighted by molar-refractivity contribution is 0.183. The number of methoxy groups -OCH3 is 1. The zero-order valence-corrected chi connectivity index (χ0v) is 19.3. The molecule has 0 unspecified atom stereocenters. The Labute approximate surface area is 188 Å². The molecule has 0 bridgehead atoms. The largest absolute Gasteiger partial charge is 0.385 e. The Hall–Kier alpha value is -3.20. The Kier molecular flexibility index (Phi) is 6.55. The van der Waals surface area contributed by atoms with Crippen molar-refractivity contribution in [3.63, 3.8) is 0 Å². The Balaban J connectivity index is 1.53. The van der Waals surface area contributed by atoms with E-state index in [4.69, 9.17) is 9.84 Å². The van der Waals surface area contributed by atoms with E-state index in [0.29, 0.717) is 39.3 Å². The number of aromatic nitrogens is 4. The molecule has 170 valence electrons. The molecule has 0 saturated carbocycles. The molecule has 2 aromatic heterocycles. The predicted octanol–water partition coefficient (Wildman–Crippen LogP) is 2.61. The van der Waals surface area contributed by atoms with E-state index in [9.17, 15) is 4.79 Å². The molecule has 0 atom stereocenters. The number of rotatable bonds is 6. The molecular weight excluding hydrogens is 406 g/mol. The van der Waals surface area contributed by atoms with Gasteiger partial charge in [0.05, 0.1) is 22.5 Å². The van der Waals surface area contributed by atoms with Crippen LogP contribution in [0.2, 0.25) is 0 Å². The van der Waals surface area contributed by atoms with Crippen molar-refractivity contribution >= 4 is 22.8 Å². The Morgan fingerprint density at radius 1 is 1.06 bits per heavy atom. The second kappa shape index (κ2) is 9.52. The first-order chi connectivity index (χ1) is 15.5. The highest BCUT2D eigenvalue weighted by molar-refractivity contribution is 5.92. The van der Waals surface area contributed by atoms with Crippen LogP contribution in [0.1, 0.15) is 23.4 Å². The van der Waals surface area contributed by atoms with Crippen LogP contribution < -0.4 is 10.2 Å². The van der Waals surface area contributed by atoms with Gasteiger partial charge >= 0.3 is 6.03 Å². The summed E-state index contributed by atoms with van der Waals surface area (Å²) in [6, 6.07) is 8.30. The maximum Gasteiger partial charge on any atom is 0.317 e. The molecule has 1 saturated heterocycles. The molecule has 1 aliphatic heterocycles. The predicted molar refractivity (Wildman–Crippen MR) is 125 cm³/mol. The summed E-state index contributed by atoms with van der Waals surface area (Å²) >= 11 is 0. The van der Waals surface area contributed by atoms with Gasteiger partial charge < -0.3 is 19.9 Å². The van der Waals surface area contributed by atoms with Crippen LogP contribution in [-0.4, -0.2) is 77.3 Å². The number of amides is 2. The zero-order valence-electron chi connectivity index (χ0n) is 19.3. The van der Waals surface area contributed by atoms with Crippen LogP contribution in [0, 0.1) is 20.8 Å². The topological polar surface area (TPSA) is 88.4 Å². The van der Waals surface area contributed by atoms with Gasteiger partial charge in [-0.15, -0.1) is 5.10 Å². The van der Waals surface area contributed by atoms with E-state index in [1.54, 1.807) is 7.11 Å². The molecule has 9 nitrogen and oxygen atoms in total. The van der Waals surface area contributed by atoms with Crippen molar-refractivity contribution in [2.45, 2.75) is 27.2 Å². The molecule has 2 amide bonds. The quantitative estimate of drug-likeness (QED) is 0.597. The summed E-state index contributed by atoms with van der Waals surface area (Å²) < 4.78 is 6.99. The molecule has 1 aromatic carbocycles. The molecule has 0 radical (unpaired) electrons. The molecule has 32 heavy (non-hydrogen) atoms. The van der Waals surface area contributed by atoms with Crippen molar-refractivity contribution in [1.82, 2.24) is 30.2 Å². The molecule has 3 heterocycles. The average molecular weight is 438 g/mol. The summed E-state index contributed by atoms with van der Waals surface area (Å²) in [5.74, 6) is 0.778. The standard InChI is InChI=1S/C23H31N7O2/c1-16-6-8-19(9-7-16)30-18(3)20-17(2)25-26-22(21(20)27-30)28-11-13-29(14-12-28)23(31)24-10-5-15-32-4/h6-9H,5,10-15H2,1-4H3,(H,24,31). The molecule has 1 N–H and O–H groups in total. The van der Waals surface area contributed by atoms with Crippen LogP contribution >= 0.6 is 0 Å². The zero-order chi connectivity index (χ0) is 22.7. The van der Waals surface area contributed by atoms with Gasteiger partial charge in [-0.3, -0.25) is 0 Å². The minimum absolute atomic E-state index is 0.0274. The van der Waals surface area contributed by atoms with Gasteiger partial charge in [0.25, 0.3) is 0 Å². The number of ether oxygens (including phenoxy) is 1. The molecule has 1 aliphatic rings. The number of carbonyl (C=O) groups is 1. The van der Waals surface area contributed by atoms with E-state index in [0.717, 1.165) is 40.2 Å². The highest BCUT2D eigenvalue weighted by Gasteiger charge is 2.25. The van der Waals surface area contributed by atoms with Crippen molar-refractivity contribution < 1.29 is 9.53 Å². The van der Waals surface area contributed by atoms with E-state index >= 15 is 0 Å². The monoisotopic (exact) mass is 437 g/mol. The van der Waals surface area contributed by atoms with Crippen LogP contribution in [0.25, 0.3) is 16.6 Å². The van der Waals surface area contributed by atoms with Gasteiger partial charge in [-0.05, 0) is 39.3 Å². The summed E-state index contributed by atoms with van der Waals surface area (Å²) in [5.41, 5.74) is 5.00. The molecule has 1 fully saturated rings. The smallest absolute Gasteiger partial charge is 0.317 e. The third kappa shape index (κ3) is 4.38. The number of nitrogens with one attached hydrogen (secondary N) is 1. The number of anilines is 1. The van der Waals surface area contributed by atoms with Gasteiger partial charge in [0.1, 0.15) is 5.52 Å². The van der Waals surface area contributed by atoms with Gasteiger partial charge in [-0.1, -0.05) is 17.7 Å². The van der Waals surface area contributed by atoms with E-state index in [1.165, 1.54) is 5.56 Å². The number of aryl methyl sites for hydroxylation is 3. The summed E-state index contributed by atoms with van der Waals surface area (Å²) in [4.78, 5) is 16.4. The SMILES string of the molecule is COCCCNC(=O)N1CCN(c2nnc(C)c3c(C)n(-c4ccc(C)cc4)nc23)CC1. The lowest BCUT2D eigenvalue weighted by Gasteiger charge is -2.35. The minimum Gasteiger partial charge on any atom is -0.385 e. The van der Waals surface area contributed by atoms with E-state index in [-0.39, 0.29) is 6.03 Å². The first-order valence-corrected chi connectivity index (χ1v) is 11.1. The second-order valence-electron chi connectivity index (χ2n) is 8.22. The Morgan fingerprint density at radius 2 is 1.78 bits per heavy atom. The molecular formula is C23H31N7O2. The fraction of sp³-hybridized carbons (Fsp3) is 0.478. The first kappa shape index (κ1) is 22.0. The number of hydrogen-bond acceptors (Lipinski definition) is 6. The first-order valence-electron chi connectivity index (χ1n) is 11.1. The lowest BCUT2D eigenvalue weighted by Crippen LogP contribution is -2.52. The fourth-order valence-corrected chi connectivity index (χ4v) is 4.11. The van der Waals surface area contributed by atoms with Gasteiger partial charge in [0.2, 0.25) is 0 Å². The third-order valence-electron chi connectivity index (χ3n) is 5.93. The number of urea groups is 1. The summed E-state index contributed by atoms with van der Waals surface area (Å²) in [6.07, 6.45) is 0.808. The van der Waals surface area contributed by atoms with Crippen molar-refractivity contribution in [2.75, 3.05) is 51.3 Å². The van der Waals surface area contributed by atoms with Gasteiger partial charge in [0, 0.05) is 46.4 Å². The van der Waals surface area contributed by atoms with Crippen molar-refractivity contribution in [1.29, 1.82) is 0 Å². The van der Waals surface area contributed by atoms with Crippen LogP contribution in [0.3, 0.4) is 0 Å². The third-order valence-corrected chi connectivity index (χ3v) is 5.93. The maximum atomic E-state index is 12.4. The van der Waals surface area contributed by atoms with E-state index in [2.05, 4.69) is 58.5 Å². The van der Waals surface area contributed by atoms with Gasteiger partial charge in [0.15, 0.2) is 5.82 Å². The van der Waals surface area contributed by atoms with Crippen LogP contribution in [0.5, 0.6) is 0 Å². The Bertz CT molecular complexity index is 1090. The minimum atomic E-state index is -0.0274. The molecule has 4 rings (SSSR count). The van der Waals surface area contributed by atoms with Crippen LogP contribution in [0.15, 0.2) is 24.3 Å². The molecule has 0 aliphatic carbocycles. The van der Waals surface area contributed by atoms with E-state index < -0.39 is 0 Å². The number of fused-ring (bicyclic) bond motifs is 1. The Morgan fingerprint density at radius 3 is 2.47 bits per heavy atom. The molecule has 9 heteroatoms. The van der Waals surface area contributed by atoms with Crippen molar-refractivity contribution in [3.8, 4) is 5.69 Å². The van der Waals surface area contributed by atoms with Crippen molar-refractivity contribution in [3.05, 3.63) is 41.2 Å². The highest BCUT2D eigenvalue weighted by Crippen LogP contribution is 2.29. The average Bonchev–Trinajstić information content (AvgIpc) is 3.15. The van der Waals surface area contributed by atoms with Gasteiger partial charge in [-0.2, -0.15) is 10.2 Å². The highest BCUT2D eigenvalue weighted by atomic mass is 16.5. The normalized spacial score (nSPS) is 14.2. The number of carbonyl (C=O) groups excluding carboxylic acids is 1. The number of hydrogen-bond donors (Lipinski definition) is 1. The molecule has 0 spiro atoms. The number of piperazine rings is 1. The molecule has 3 aromatic rings. The summed E-state index contributed by atoms with van der Waals surface area (Å²) in [7, 11) is 1.66. The summed E-state index contributed by atoms with van der Waals surface area (Å²) in [6.45, 7) is 10.0. The van der Waals surface area contributed by atoms with Crippen LogP contribution in [-0.2, 0) is 4.74 Å². The number of benzene rings is 1. The van der Waals surface area contributed by atoms with Gasteiger partial charge in [-0.25, -0.2) is 9.48 Å². The fourth-order valence-electron chi connectivity index (χ4n) is 4.11. The van der Waals surface area contributed by atoms with E-state index in [1.807, 2.05) is 16.5 Å². The second-order valence-corrected chi connectivity index (χ2v) is 8.22.